The number of ketones is 1. The van der Waals surface area contributed by atoms with Gasteiger partial charge in [-0.2, -0.15) is 8.42 Å². The number of hydrogen-bond donors (Lipinski definition) is 11. The van der Waals surface area contributed by atoms with Crippen LogP contribution in [0.15, 0.2) is 73.4 Å². The zero-order valence-corrected chi connectivity index (χ0v) is 50.1. The molecule has 0 spiro atoms. The van der Waals surface area contributed by atoms with Crippen LogP contribution in [0.25, 0.3) is 0 Å². The Bertz CT molecular complexity index is 2080. The molecule has 0 bridgehead atoms. The fraction of sp³-hybridized carbons (Fsp3) is 0.790. The van der Waals surface area contributed by atoms with Gasteiger partial charge in [0, 0.05) is 38.5 Å². The average Bonchev–Trinajstić information content (AvgIpc) is 4.31. The molecular weight excluding hydrogens is 1100 g/mol. The number of epoxide rings is 1. The van der Waals surface area contributed by atoms with E-state index in [1.807, 2.05) is 6.08 Å². The van der Waals surface area contributed by atoms with E-state index in [9.17, 15) is 64.3 Å². The van der Waals surface area contributed by atoms with Crippen LogP contribution in [0.2, 0.25) is 0 Å². The van der Waals surface area contributed by atoms with Crippen molar-refractivity contribution in [1.82, 2.24) is 0 Å². The zero-order chi connectivity index (χ0) is 61.1. The summed E-state index contributed by atoms with van der Waals surface area (Å²) in [5, 5.41) is 105. The molecule has 6 unspecified atom stereocenters. The minimum absolute atomic E-state index is 0.0223. The van der Waals surface area contributed by atoms with E-state index in [0.29, 0.717) is 38.0 Å². The van der Waals surface area contributed by atoms with Crippen LogP contribution in [0.3, 0.4) is 0 Å². The highest BCUT2D eigenvalue weighted by Crippen LogP contribution is 2.35. The molecule has 4 aliphatic heterocycles. The molecule has 4 saturated heterocycles. The van der Waals surface area contributed by atoms with Crippen LogP contribution in [-0.2, 0) is 43.1 Å². The molecule has 21 heteroatoms. The van der Waals surface area contributed by atoms with Crippen molar-refractivity contribution in [2.75, 3.05) is 6.61 Å². The van der Waals surface area contributed by atoms with Gasteiger partial charge < -0.3 is 74.7 Å². The number of ether oxygens (including phenoxy) is 5. The number of rotatable bonds is 44. The number of carbonyl (C=O) groups excluding carboxylic acids is 1. The number of allylic oxidation sites excluding steroid dienone is 7. The lowest BCUT2D eigenvalue weighted by atomic mass is 9.90. The number of aliphatic hydroxyl groups excluding tert-OH is 10. The number of unbranched alkanes of at least 4 members (excludes halogenated alkanes) is 6. The van der Waals surface area contributed by atoms with Gasteiger partial charge in [-0.05, 0) is 109 Å². The summed E-state index contributed by atoms with van der Waals surface area (Å²) in [5.41, 5.74) is 2.13. The van der Waals surface area contributed by atoms with Crippen LogP contribution in [-0.4, -0.2) is 193 Å². The summed E-state index contributed by atoms with van der Waals surface area (Å²) >= 11 is 0. The van der Waals surface area contributed by atoms with Gasteiger partial charge in [0.2, 0.25) is 0 Å². The third-order valence-corrected chi connectivity index (χ3v) is 16.6. The van der Waals surface area contributed by atoms with Crippen molar-refractivity contribution >= 4 is 16.2 Å². The summed E-state index contributed by atoms with van der Waals surface area (Å²) in [5.74, 6) is 0.0840. The fourth-order valence-electron chi connectivity index (χ4n) is 11.4. The van der Waals surface area contributed by atoms with Gasteiger partial charge in [-0.15, -0.1) is 6.58 Å². The predicted octanol–water partition coefficient (Wildman–Crippen LogP) is 6.16. The van der Waals surface area contributed by atoms with Crippen molar-refractivity contribution in [3.63, 3.8) is 0 Å². The van der Waals surface area contributed by atoms with Crippen LogP contribution >= 0.6 is 0 Å². The second-order valence-corrected chi connectivity index (χ2v) is 25.0. The molecule has 4 heterocycles. The molecule has 0 radical (unpaired) electrons. The van der Waals surface area contributed by atoms with Crippen molar-refractivity contribution < 1.29 is 96.7 Å². The van der Waals surface area contributed by atoms with Gasteiger partial charge in [0.1, 0.15) is 36.3 Å². The van der Waals surface area contributed by atoms with Gasteiger partial charge in [0.15, 0.2) is 6.29 Å². The molecular formula is C62H104O20S. The molecule has 0 aromatic carbocycles. The van der Waals surface area contributed by atoms with Crippen molar-refractivity contribution in [3.05, 3.63) is 73.4 Å². The van der Waals surface area contributed by atoms with Gasteiger partial charge in [-0.3, -0.25) is 9.35 Å². The molecule has 478 valence electrons. The molecule has 4 aliphatic rings. The van der Waals surface area contributed by atoms with Crippen LogP contribution in [0.4, 0.5) is 0 Å². The summed E-state index contributed by atoms with van der Waals surface area (Å²) in [6, 6.07) is 0. The number of Topliss-reactive ketones (excluding diaryl/α,β-unsaturated/α-hetero) is 1. The molecule has 4 rings (SSSR count). The Labute approximate surface area is 493 Å². The molecule has 0 aliphatic carbocycles. The smallest absolute Gasteiger partial charge is 0.394 e. The first kappa shape index (κ1) is 72.9. The zero-order valence-electron chi connectivity index (χ0n) is 49.3. The molecule has 0 aromatic heterocycles. The molecule has 11 N–H and O–H groups in total. The number of hydrogen-bond acceptors (Lipinski definition) is 19. The standard InChI is InChI=1S/C62H104O20S/c1-6-21-42(4)32-48-37-50(69)52(77-48)26-19-18-24-40(2)22-16-14-12-10-8-7-9-11-13-15-17-23-41(3)28-31-54-53(79-54)27-20-25-47(78-62-60(73)59(72)58(71)57(39-63)81-62)36-46(67)35-45(66)34-44(65)29-30-49(68)55-38-51(70)61(82-83(74,75)76)56(80-55)33-43(5)64/h6,8,10,16,18-19,22,41,43-44,46-65,67-73H,1-2,4,7,9,11-15,17,20-21,23-39H2,3,5H3,(H,74,75,76)/b10-8+,19-18+,22-16+/t41?,43?,44?,46?,47?,48-,49?,50-,51+,52+,53-,54-,55+,56-,57-,58-,59+,60-,61+,62-/m1/s1. The Morgan fingerprint density at radius 2 is 1.37 bits per heavy atom. The molecule has 0 amide bonds. The Morgan fingerprint density at radius 3 is 2.10 bits per heavy atom. The quantitative estimate of drug-likeness (QED) is 0.0107. The number of aliphatic hydroxyl groups is 10. The summed E-state index contributed by atoms with van der Waals surface area (Å²) in [4.78, 5) is 13.1. The SMILES string of the molecule is C=CCC(=C)C[C@@H]1C[C@@H](O)[C@H](C/C=C/CC(=C)/C=C/CC/C=C/CCCCCCCC(C)CC[C@H]2O[C@@H]2CCCC(CC(O)CC(=O)CC(O)CCC(O)[C@@H]2C[C@H](O)[C@H](OS(=O)(=O)O)[C@@H](CC(C)O)O2)O[C@@H]2O[C@H](CO)[C@@H](O)[C@H](O)[C@H]2O)O1. The van der Waals surface area contributed by atoms with E-state index in [2.05, 4.69) is 67.3 Å². The lowest BCUT2D eigenvalue weighted by molar-refractivity contribution is -0.313. The largest absolute Gasteiger partial charge is 0.397 e. The van der Waals surface area contributed by atoms with E-state index in [1.54, 1.807) is 0 Å². The van der Waals surface area contributed by atoms with E-state index < -0.39 is 115 Å². The van der Waals surface area contributed by atoms with Crippen molar-refractivity contribution in [1.29, 1.82) is 0 Å². The van der Waals surface area contributed by atoms with Gasteiger partial charge >= 0.3 is 10.4 Å². The van der Waals surface area contributed by atoms with Gasteiger partial charge in [-0.1, -0.05) is 106 Å². The van der Waals surface area contributed by atoms with Crippen molar-refractivity contribution in [2.45, 2.75) is 297 Å². The Kier molecular flexibility index (Phi) is 33.9. The second-order valence-electron chi connectivity index (χ2n) is 23.9. The summed E-state index contributed by atoms with van der Waals surface area (Å²) < 4.78 is 66.0. The Hall–Kier alpha value is -2.62. The normalized spacial score (nSPS) is 30.9. The van der Waals surface area contributed by atoms with Crippen molar-refractivity contribution in [2.24, 2.45) is 5.92 Å². The first-order valence-electron chi connectivity index (χ1n) is 30.6. The second kappa shape index (κ2) is 38.6. The maximum absolute atomic E-state index is 13.1. The lowest BCUT2D eigenvalue weighted by Crippen LogP contribution is -2.59. The molecule has 20 nitrogen and oxygen atoms in total. The molecule has 4 fully saturated rings. The predicted molar refractivity (Wildman–Crippen MR) is 313 cm³/mol. The van der Waals surface area contributed by atoms with Gasteiger partial charge in [-0.25, -0.2) is 4.18 Å². The monoisotopic (exact) mass is 1200 g/mol. The molecule has 0 saturated carbocycles. The maximum atomic E-state index is 13.1. The van der Waals surface area contributed by atoms with Crippen molar-refractivity contribution in [3.8, 4) is 0 Å². The van der Waals surface area contributed by atoms with E-state index >= 15 is 0 Å². The topological polar surface area (TPSA) is 332 Å². The highest BCUT2D eigenvalue weighted by Gasteiger charge is 2.46. The number of carbonyl (C=O) groups is 1. The summed E-state index contributed by atoms with van der Waals surface area (Å²) in [6.07, 6.45) is 12.1. The first-order valence-corrected chi connectivity index (χ1v) is 31.9. The highest BCUT2D eigenvalue weighted by atomic mass is 32.3. The summed E-state index contributed by atoms with van der Waals surface area (Å²) in [6.45, 7) is 15.0. The van der Waals surface area contributed by atoms with E-state index in [0.717, 1.165) is 62.5 Å². The third kappa shape index (κ3) is 28.8. The minimum atomic E-state index is -4.98. The van der Waals surface area contributed by atoms with E-state index in [1.165, 1.54) is 45.4 Å². The Morgan fingerprint density at radius 1 is 0.675 bits per heavy atom. The first-order chi connectivity index (χ1) is 39.5. The van der Waals surface area contributed by atoms with Crippen LogP contribution in [0.5, 0.6) is 0 Å². The molecule has 83 heavy (non-hydrogen) atoms. The molecule has 20 atom stereocenters. The third-order valence-electron chi connectivity index (χ3n) is 16.1. The Balaban J connectivity index is 1.07. The fourth-order valence-corrected chi connectivity index (χ4v) is 11.9. The van der Waals surface area contributed by atoms with Gasteiger partial charge in [0.25, 0.3) is 0 Å². The van der Waals surface area contributed by atoms with Gasteiger partial charge in [0.05, 0.1) is 86.0 Å². The van der Waals surface area contributed by atoms with Crippen LogP contribution in [0.1, 0.15) is 181 Å². The maximum Gasteiger partial charge on any atom is 0.397 e. The lowest BCUT2D eigenvalue weighted by Gasteiger charge is -2.41. The average molecular weight is 1200 g/mol. The summed E-state index contributed by atoms with van der Waals surface area (Å²) in [7, 11) is -4.98. The minimum Gasteiger partial charge on any atom is -0.394 e. The van der Waals surface area contributed by atoms with Crippen LogP contribution < -0.4 is 0 Å². The van der Waals surface area contributed by atoms with Crippen LogP contribution in [0, 0.1) is 5.92 Å². The van der Waals surface area contributed by atoms with E-state index in [-0.39, 0.29) is 69.4 Å². The molecule has 0 aromatic rings. The highest BCUT2D eigenvalue weighted by molar-refractivity contribution is 7.80. The van der Waals surface area contributed by atoms with E-state index in [4.69, 9.17) is 28.2 Å².